The van der Waals surface area contributed by atoms with Gasteiger partial charge in [-0.25, -0.2) is 18.2 Å². The number of amides is 1. The third kappa shape index (κ3) is 5.13. The number of carbonyl (C=O) groups is 1. The summed E-state index contributed by atoms with van der Waals surface area (Å²) in [5.41, 5.74) is -2.35. The minimum absolute atomic E-state index is 0.00276. The fourth-order valence-corrected chi connectivity index (χ4v) is 3.64. The fraction of sp³-hybridized carbons (Fsp3) is 0.320. The van der Waals surface area contributed by atoms with E-state index in [1.807, 2.05) is 0 Å². The van der Waals surface area contributed by atoms with Crippen molar-refractivity contribution < 1.29 is 18.0 Å². The van der Waals surface area contributed by atoms with E-state index >= 15 is 0 Å². The molecule has 3 aromatic rings. The van der Waals surface area contributed by atoms with Gasteiger partial charge in [0.05, 0.1) is 11.1 Å². The second kappa shape index (κ2) is 10.1. The molecule has 0 aliphatic rings. The molecule has 1 unspecified atom stereocenters. The summed E-state index contributed by atoms with van der Waals surface area (Å²) in [7, 11) is 3.51. The minimum atomic E-state index is -1.51. The maximum absolute atomic E-state index is 14.8. The highest BCUT2D eigenvalue weighted by molar-refractivity contribution is 5.97. The number of hydrogen-bond donors (Lipinski definition) is 1. The smallest absolute Gasteiger partial charge is 0.256 e. The van der Waals surface area contributed by atoms with Gasteiger partial charge in [-0.1, -0.05) is 13.0 Å². The Kier molecular flexibility index (Phi) is 7.44. The van der Waals surface area contributed by atoms with Gasteiger partial charge in [-0.2, -0.15) is 0 Å². The van der Waals surface area contributed by atoms with Gasteiger partial charge in [-0.15, -0.1) is 6.58 Å². The van der Waals surface area contributed by atoms with E-state index in [2.05, 4.69) is 16.9 Å². The number of rotatable bonds is 9. The first-order valence-electron chi connectivity index (χ1n) is 10.9. The normalized spacial score (nSPS) is 12.9. The molecule has 0 bridgehead atoms. The number of alkyl halides is 1. The summed E-state index contributed by atoms with van der Waals surface area (Å²) in [5.74, 6) is -1.88. The number of benzene rings is 1. The molecule has 2 heterocycles. The Morgan fingerprint density at radius 1 is 1.26 bits per heavy atom. The predicted octanol–water partition coefficient (Wildman–Crippen LogP) is 4.54. The van der Waals surface area contributed by atoms with Gasteiger partial charge in [-0.3, -0.25) is 14.2 Å². The number of hydrogen-bond acceptors (Lipinski definition) is 4. The van der Waals surface area contributed by atoms with Gasteiger partial charge in [0.2, 0.25) is 5.43 Å². The van der Waals surface area contributed by atoms with Crippen molar-refractivity contribution in [2.24, 2.45) is 0 Å². The number of fused-ring (bicyclic) bond motifs is 1. The average molecular weight is 473 g/mol. The van der Waals surface area contributed by atoms with Crippen molar-refractivity contribution >= 4 is 22.8 Å². The minimum Gasteiger partial charge on any atom is -0.363 e. The zero-order valence-corrected chi connectivity index (χ0v) is 19.4. The molecule has 1 aromatic carbocycles. The van der Waals surface area contributed by atoms with Gasteiger partial charge in [0.1, 0.15) is 28.7 Å². The molecule has 0 radical (unpaired) electrons. The van der Waals surface area contributed by atoms with Crippen LogP contribution in [0.5, 0.6) is 0 Å². The van der Waals surface area contributed by atoms with Crippen LogP contribution < -0.4 is 15.6 Å². The van der Waals surface area contributed by atoms with Crippen LogP contribution in [0.1, 0.15) is 36.5 Å². The standard InChI is InChI=1S/C25H27F3N4O2/c1-5-11-25(28,6-2)12-13-29-24(34)18-15-32(20-9-7-16(26)14-19(20)27)23-17(22(18)33)8-10-21(30-23)31(3)4/h5,7-10,14-15H,1,6,11-13H2,2-4H3,(H,29,34). The van der Waals surface area contributed by atoms with E-state index in [1.165, 1.54) is 29.0 Å². The van der Waals surface area contributed by atoms with Gasteiger partial charge in [-0.05, 0) is 43.5 Å². The zero-order chi connectivity index (χ0) is 25.0. The predicted molar refractivity (Wildman–Crippen MR) is 127 cm³/mol. The molecule has 1 atom stereocenters. The van der Waals surface area contributed by atoms with Crippen molar-refractivity contribution in [1.82, 2.24) is 14.9 Å². The number of halogens is 3. The van der Waals surface area contributed by atoms with Gasteiger partial charge >= 0.3 is 0 Å². The maximum atomic E-state index is 14.8. The lowest BCUT2D eigenvalue weighted by Crippen LogP contribution is -2.34. The average Bonchev–Trinajstić information content (AvgIpc) is 2.79. The molecule has 0 aliphatic heterocycles. The summed E-state index contributed by atoms with van der Waals surface area (Å²) >= 11 is 0. The van der Waals surface area contributed by atoms with Crippen molar-refractivity contribution in [2.45, 2.75) is 31.9 Å². The van der Waals surface area contributed by atoms with Gasteiger partial charge in [0, 0.05) is 32.9 Å². The molecular formula is C25H27F3N4O2. The first-order chi connectivity index (χ1) is 16.1. The van der Waals surface area contributed by atoms with Crippen LogP contribution in [0.15, 0.2) is 54.0 Å². The Morgan fingerprint density at radius 2 is 2.00 bits per heavy atom. The van der Waals surface area contributed by atoms with E-state index in [1.54, 1.807) is 32.0 Å². The maximum Gasteiger partial charge on any atom is 0.256 e. The van der Waals surface area contributed by atoms with E-state index in [4.69, 9.17) is 0 Å². The van der Waals surface area contributed by atoms with Crippen molar-refractivity contribution in [3.63, 3.8) is 0 Å². The van der Waals surface area contributed by atoms with Crippen molar-refractivity contribution in [3.8, 4) is 5.69 Å². The number of aromatic nitrogens is 2. The van der Waals surface area contributed by atoms with E-state index in [0.717, 1.165) is 6.07 Å². The Labute approximate surface area is 195 Å². The highest BCUT2D eigenvalue weighted by Crippen LogP contribution is 2.25. The number of nitrogens with one attached hydrogen (secondary N) is 1. The highest BCUT2D eigenvalue weighted by Gasteiger charge is 2.26. The Morgan fingerprint density at radius 3 is 2.62 bits per heavy atom. The lowest BCUT2D eigenvalue weighted by atomic mass is 9.94. The molecule has 180 valence electrons. The van der Waals surface area contributed by atoms with E-state index in [-0.39, 0.29) is 48.1 Å². The molecule has 3 rings (SSSR count). The molecule has 9 heteroatoms. The molecule has 0 spiro atoms. The van der Waals surface area contributed by atoms with Crippen LogP contribution in [0, 0.1) is 11.6 Å². The van der Waals surface area contributed by atoms with Gasteiger partial charge in [0.15, 0.2) is 5.65 Å². The second-order valence-corrected chi connectivity index (χ2v) is 8.28. The van der Waals surface area contributed by atoms with Gasteiger partial charge < -0.3 is 10.2 Å². The van der Waals surface area contributed by atoms with Crippen molar-refractivity contribution in [1.29, 1.82) is 0 Å². The monoisotopic (exact) mass is 472 g/mol. The summed E-state index contributed by atoms with van der Waals surface area (Å²) in [5, 5.41) is 2.66. The summed E-state index contributed by atoms with van der Waals surface area (Å²) in [4.78, 5) is 32.2. The zero-order valence-electron chi connectivity index (χ0n) is 19.4. The number of nitrogens with zero attached hydrogens (tertiary/aromatic N) is 3. The van der Waals surface area contributed by atoms with Crippen molar-refractivity contribution in [3.05, 3.63) is 76.6 Å². The van der Waals surface area contributed by atoms with Crippen LogP contribution in [0.25, 0.3) is 16.7 Å². The third-order valence-corrected chi connectivity index (χ3v) is 5.71. The molecule has 0 saturated heterocycles. The first-order valence-corrected chi connectivity index (χ1v) is 10.9. The lowest BCUT2D eigenvalue weighted by molar-refractivity contribution is 0.0933. The lowest BCUT2D eigenvalue weighted by Gasteiger charge is -2.22. The number of pyridine rings is 2. The van der Waals surface area contributed by atoms with E-state index in [9.17, 15) is 22.8 Å². The largest absolute Gasteiger partial charge is 0.363 e. The van der Waals surface area contributed by atoms with Crippen molar-refractivity contribution in [2.75, 3.05) is 25.5 Å². The molecule has 0 aliphatic carbocycles. The second-order valence-electron chi connectivity index (χ2n) is 8.28. The molecule has 2 aromatic heterocycles. The Bertz CT molecular complexity index is 1290. The third-order valence-electron chi connectivity index (χ3n) is 5.71. The van der Waals surface area contributed by atoms with Crippen LogP contribution >= 0.6 is 0 Å². The summed E-state index contributed by atoms with van der Waals surface area (Å²) in [6.45, 7) is 5.26. The number of carbonyl (C=O) groups excluding carboxylic acids is 1. The first kappa shape index (κ1) is 25.0. The topological polar surface area (TPSA) is 67.2 Å². The molecular weight excluding hydrogens is 445 g/mol. The molecule has 0 saturated carbocycles. The molecule has 34 heavy (non-hydrogen) atoms. The summed E-state index contributed by atoms with van der Waals surface area (Å²) in [6.07, 6.45) is 3.10. The number of allylic oxidation sites excluding steroid dienone is 1. The highest BCUT2D eigenvalue weighted by atomic mass is 19.1. The molecule has 6 nitrogen and oxygen atoms in total. The molecule has 1 N–H and O–H groups in total. The molecule has 0 fully saturated rings. The molecule has 1 amide bonds. The van der Waals surface area contributed by atoms with Crippen LogP contribution in [0.3, 0.4) is 0 Å². The van der Waals surface area contributed by atoms with Crippen LogP contribution in [0.4, 0.5) is 19.0 Å². The van der Waals surface area contributed by atoms with Crippen LogP contribution in [-0.2, 0) is 0 Å². The number of anilines is 1. The SMILES string of the molecule is C=CCC(F)(CC)CCNC(=O)c1cn(-c2ccc(F)cc2F)c2nc(N(C)C)ccc2c1=O. The van der Waals surface area contributed by atoms with E-state index in [0.29, 0.717) is 11.9 Å². The quantitative estimate of drug-likeness (QED) is 0.464. The summed E-state index contributed by atoms with van der Waals surface area (Å²) < 4.78 is 44.2. The summed E-state index contributed by atoms with van der Waals surface area (Å²) in [6, 6.07) is 6.09. The Balaban J connectivity index is 2.08. The van der Waals surface area contributed by atoms with Crippen LogP contribution in [0.2, 0.25) is 0 Å². The van der Waals surface area contributed by atoms with E-state index < -0.39 is 28.6 Å². The Hall–Kier alpha value is -3.62. The van der Waals surface area contributed by atoms with Crippen LogP contribution in [-0.4, -0.2) is 41.8 Å². The van der Waals surface area contributed by atoms with Gasteiger partial charge in [0.25, 0.3) is 5.91 Å². The fourth-order valence-electron chi connectivity index (χ4n) is 3.64.